The topological polar surface area (TPSA) is 61.7 Å². The summed E-state index contributed by atoms with van der Waals surface area (Å²) in [6.45, 7) is 0. The van der Waals surface area contributed by atoms with Crippen LogP contribution in [0.3, 0.4) is 0 Å². The van der Waals surface area contributed by atoms with Gasteiger partial charge in [-0.3, -0.25) is 0 Å². The van der Waals surface area contributed by atoms with E-state index in [0.717, 1.165) is 94.0 Å². The second-order valence-electron chi connectivity index (χ2n) is 17.6. The molecule has 0 aliphatic rings. The first-order chi connectivity index (χ1) is 34.2. The molecule has 4 aromatic heterocycles. The van der Waals surface area contributed by atoms with Crippen LogP contribution in [0.15, 0.2) is 241 Å². The minimum Gasteiger partial charge on any atom is -0.456 e. The molecular weight excluding hydrogens is 843 g/mol. The molecule has 14 aromatic rings. The van der Waals surface area contributed by atoms with Crippen LogP contribution < -0.4 is 0 Å². The Morgan fingerprint density at radius 1 is 0.290 bits per heavy atom. The van der Waals surface area contributed by atoms with Gasteiger partial charge in [-0.25, -0.2) is 15.0 Å². The van der Waals surface area contributed by atoms with Crippen molar-refractivity contribution in [1.82, 2.24) is 24.1 Å². The summed E-state index contributed by atoms with van der Waals surface area (Å²) in [4.78, 5) is 15.4. The Morgan fingerprint density at radius 3 is 1.51 bits per heavy atom. The first kappa shape index (κ1) is 38.8. The molecule has 69 heavy (non-hydrogen) atoms. The van der Waals surface area contributed by atoms with Gasteiger partial charge < -0.3 is 13.6 Å². The fourth-order valence-corrected chi connectivity index (χ4v) is 10.4. The second-order valence-corrected chi connectivity index (χ2v) is 17.6. The Morgan fingerprint density at radius 2 is 0.783 bits per heavy atom. The zero-order valence-electron chi connectivity index (χ0n) is 37.2. The summed E-state index contributed by atoms with van der Waals surface area (Å²) < 4.78 is 11.7. The molecule has 0 fully saturated rings. The summed E-state index contributed by atoms with van der Waals surface area (Å²) >= 11 is 0. The van der Waals surface area contributed by atoms with Gasteiger partial charge in [0.25, 0.3) is 0 Å². The minimum absolute atomic E-state index is 0.585. The Balaban J connectivity index is 1.01. The highest BCUT2D eigenvalue weighted by Gasteiger charge is 2.24. The predicted octanol–water partition coefficient (Wildman–Crippen LogP) is 16.3. The Labute approximate surface area is 396 Å². The molecule has 0 atom stereocenters. The molecule has 0 bridgehead atoms. The molecule has 0 N–H and O–H groups in total. The van der Waals surface area contributed by atoms with Crippen molar-refractivity contribution < 1.29 is 4.42 Å². The lowest BCUT2D eigenvalue weighted by molar-refractivity contribution is 0.669. The number of hydrogen-bond donors (Lipinski definition) is 0. The van der Waals surface area contributed by atoms with Crippen LogP contribution in [0.25, 0.3) is 133 Å². The van der Waals surface area contributed by atoms with Gasteiger partial charge in [0, 0.05) is 49.3 Å². The van der Waals surface area contributed by atoms with Crippen molar-refractivity contribution in [3.05, 3.63) is 237 Å². The third-order valence-electron chi connectivity index (χ3n) is 13.6. The number of furan rings is 1. The van der Waals surface area contributed by atoms with Crippen LogP contribution in [0, 0.1) is 0 Å². The maximum Gasteiger partial charge on any atom is 0.164 e. The molecule has 322 valence electrons. The van der Waals surface area contributed by atoms with Gasteiger partial charge in [0.1, 0.15) is 11.2 Å². The van der Waals surface area contributed by atoms with E-state index in [2.05, 4.69) is 209 Å². The van der Waals surface area contributed by atoms with Gasteiger partial charge in [-0.05, 0) is 89.0 Å². The molecule has 0 aliphatic carbocycles. The number of benzene rings is 10. The van der Waals surface area contributed by atoms with Crippen LogP contribution in [0.1, 0.15) is 0 Å². The van der Waals surface area contributed by atoms with Gasteiger partial charge in [0.05, 0.1) is 33.1 Å². The summed E-state index contributed by atoms with van der Waals surface area (Å²) in [5.41, 5.74) is 15.6. The summed E-state index contributed by atoms with van der Waals surface area (Å²) in [6.07, 6.45) is 0. The molecule has 0 saturated heterocycles. The van der Waals surface area contributed by atoms with Gasteiger partial charge in [-0.15, -0.1) is 0 Å². The van der Waals surface area contributed by atoms with E-state index in [1.807, 2.05) is 36.4 Å². The van der Waals surface area contributed by atoms with E-state index in [9.17, 15) is 0 Å². The maximum atomic E-state index is 6.77. The Kier molecular flexibility index (Phi) is 8.79. The summed E-state index contributed by atoms with van der Waals surface area (Å²) in [6, 6.07) is 83.3. The largest absolute Gasteiger partial charge is 0.456 e. The molecule has 0 aliphatic heterocycles. The monoisotopic (exact) mass is 881 g/mol. The summed E-state index contributed by atoms with van der Waals surface area (Å²) in [5.74, 6) is 1.80. The van der Waals surface area contributed by atoms with Crippen LogP contribution in [-0.4, -0.2) is 24.1 Å². The Bertz CT molecular complexity index is 4270. The first-order valence-electron chi connectivity index (χ1n) is 23.3. The second kappa shape index (κ2) is 15.6. The quantitative estimate of drug-likeness (QED) is 0.160. The van der Waals surface area contributed by atoms with Gasteiger partial charge in [0.2, 0.25) is 0 Å². The fraction of sp³-hybridized carbons (Fsp3) is 0. The zero-order valence-corrected chi connectivity index (χ0v) is 37.2. The lowest BCUT2D eigenvalue weighted by atomic mass is 10.0. The number of hydrogen-bond acceptors (Lipinski definition) is 4. The Hall–Kier alpha value is -9.39. The number of para-hydroxylation sites is 3. The highest BCUT2D eigenvalue weighted by molar-refractivity contribution is 6.26. The highest BCUT2D eigenvalue weighted by Crippen LogP contribution is 2.45. The minimum atomic E-state index is 0.585. The molecule has 0 unspecified atom stereocenters. The summed E-state index contributed by atoms with van der Waals surface area (Å²) in [7, 11) is 0. The molecule has 0 spiro atoms. The lowest BCUT2D eigenvalue weighted by Gasteiger charge is -2.14. The van der Waals surface area contributed by atoms with Crippen LogP contribution in [0.4, 0.5) is 0 Å². The molecule has 0 saturated carbocycles. The van der Waals surface area contributed by atoms with Crippen molar-refractivity contribution >= 4 is 65.6 Å². The van der Waals surface area contributed by atoms with Crippen molar-refractivity contribution in [3.63, 3.8) is 0 Å². The lowest BCUT2D eigenvalue weighted by Crippen LogP contribution is -2.01. The molecule has 0 radical (unpaired) electrons. The van der Waals surface area contributed by atoms with Crippen LogP contribution in [0.5, 0.6) is 0 Å². The van der Waals surface area contributed by atoms with Gasteiger partial charge in [0.15, 0.2) is 17.5 Å². The van der Waals surface area contributed by atoms with E-state index in [0.29, 0.717) is 17.5 Å². The molecule has 6 heteroatoms. The number of fused-ring (bicyclic) bond motifs is 10. The van der Waals surface area contributed by atoms with Gasteiger partial charge in [-0.1, -0.05) is 170 Å². The SMILES string of the molecule is c1ccc(-c2ccc(-c3nc(-c4ccccc4)nc(-c4ccc5oc6ccc7c8cccc(-n9c%10ccccc%10c%10cc(-c%11ccccc%11)ccc%109)c8n(-c8ccccc8)c7c6c5c4)n3)cc2)cc1. The average Bonchev–Trinajstić information content (AvgIpc) is 4.09. The van der Waals surface area contributed by atoms with Crippen LogP contribution in [0.2, 0.25) is 0 Å². The fourth-order valence-electron chi connectivity index (χ4n) is 10.4. The van der Waals surface area contributed by atoms with Crippen LogP contribution >= 0.6 is 0 Å². The van der Waals surface area contributed by atoms with Crippen molar-refractivity contribution in [2.24, 2.45) is 0 Å². The first-order valence-corrected chi connectivity index (χ1v) is 23.3. The zero-order chi connectivity index (χ0) is 45.4. The van der Waals surface area contributed by atoms with Gasteiger partial charge in [-0.2, -0.15) is 0 Å². The molecule has 10 aromatic carbocycles. The maximum absolute atomic E-state index is 6.77. The third-order valence-corrected chi connectivity index (χ3v) is 13.6. The van der Waals surface area contributed by atoms with Gasteiger partial charge >= 0.3 is 0 Å². The van der Waals surface area contributed by atoms with Crippen molar-refractivity contribution in [2.75, 3.05) is 0 Å². The third kappa shape index (κ3) is 6.30. The van der Waals surface area contributed by atoms with E-state index >= 15 is 0 Å². The van der Waals surface area contributed by atoms with Crippen molar-refractivity contribution in [2.45, 2.75) is 0 Å². The number of aromatic nitrogens is 5. The standard InChI is InChI=1S/C63H39N5O/c1-5-16-40(17-6-1)42-28-30-44(31-29-42)62-64-61(43-20-9-3-10-21-43)65-63(66-62)46-33-36-56-52(39-46)58-57(69-56)37-34-50-49-25-15-27-55(59(49)67(60(50)58)47-22-11-4-12-23-47)68-53-26-14-13-24-48(53)51-38-45(32-35-54(51)68)41-18-7-2-8-19-41/h1-39H. The van der Waals surface area contributed by atoms with Crippen molar-refractivity contribution in [3.8, 4) is 67.8 Å². The molecule has 14 rings (SSSR count). The van der Waals surface area contributed by atoms with E-state index in [4.69, 9.17) is 19.4 Å². The molecule has 6 nitrogen and oxygen atoms in total. The molecule has 0 amide bonds. The molecule has 4 heterocycles. The van der Waals surface area contributed by atoms with E-state index in [-0.39, 0.29) is 0 Å². The van der Waals surface area contributed by atoms with E-state index in [1.54, 1.807) is 0 Å². The van der Waals surface area contributed by atoms with E-state index in [1.165, 1.54) is 21.9 Å². The smallest absolute Gasteiger partial charge is 0.164 e. The highest BCUT2D eigenvalue weighted by atomic mass is 16.3. The number of nitrogens with zero attached hydrogens (tertiary/aromatic N) is 5. The van der Waals surface area contributed by atoms with Crippen molar-refractivity contribution in [1.29, 1.82) is 0 Å². The summed E-state index contributed by atoms with van der Waals surface area (Å²) in [5, 5.41) is 6.72. The predicted molar refractivity (Wildman–Crippen MR) is 283 cm³/mol. The van der Waals surface area contributed by atoms with Crippen LogP contribution in [-0.2, 0) is 0 Å². The average molecular weight is 882 g/mol. The normalized spacial score (nSPS) is 11.8. The molecular formula is C63H39N5O. The van der Waals surface area contributed by atoms with E-state index < -0.39 is 0 Å². The number of rotatable bonds is 7.